The Balaban J connectivity index is 2.04. The molecule has 3 aliphatic rings. The van der Waals surface area contributed by atoms with Gasteiger partial charge in [0.25, 0.3) is 0 Å². The first-order valence-corrected chi connectivity index (χ1v) is 12.2. The molecule has 6 atom stereocenters. The number of ether oxygens (including phenoxy) is 1. The topological polar surface area (TPSA) is 197 Å². The molecule has 11 heteroatoms. The summed E-state index contributed by atoms with van der Waals surface area (Å²) >= 11 is 0. The van der Waals surface area contributed by atoms with Crippen molar-refractivity contribution in [1.82, 2.24) is 4.90 Å². The summed E-state index contributed by atoms with van der Waals surface area (Å²) in [6.45, 7) is 3.55. The number of anilines is 1. The molecule has 0 fully saturated rings. The molecule has 4 rings (SSSR count). The molecule has 0 radical (unpaired) electrons. The molecule has 1 aromatic carbocycles. The Morgan fingerprint density at radius 3 is 2.43 bits per heavy atom. The number of esters is 1. The van der Waals surface area contributed by atoms with Crippen molar-refractivity contribution in [2.45, 2.75) is 56.8 Å². The van der Waals surface area contributed by atoms with E-state index in [1.807, 2.05) is 0 Å². The van der Waals surface area contributed by atoms with Crippen LogP contribution in [0.15, 0.2) is 34.8 Å². The highest BCUT2D eigenvalue weighted by Crippen LogP contribution is 2.57. The average molecular weight is 516 g/mol. The van der Waals surface area contributed by atoms with Crippen LogP contribution in [0.25, 0.3) is 0 Å². The van der Waals surface area contributed by atoms with Gasteiger partial charge in [-0.05, 0) is 38.1 Å². The zero-order chi connectivity index (χ0) is 27.6. The van der Waals surface area contributed by atoms with Crippen molar-refractivity contribution in [3.05, 3.63) is 45.9 Å². The van der Waals surface area contributed by atoms with E-state index in [0.29, 0.717) is 12.0 Å². The number of amides is 1. The molecule has 0 heterocycles. The molecule has 3 aliphatic carbocycles. The van der Waals surface area contributed by atoms with Crippen LogP contribution in [0.5, 0.6) is 5.75 Å². The minimum absolute atomic E-state index is 0.0367. The Labute approximate surface area is 214 Å². The first kappa shape index (κ1) is 26.5. The van der Waals surface area contributed by atoms with Crippen LogP contribution in [0.4, 0.5) is 5.69 Å². The van der Waals surface area contributed by atoms with Gasteiger partial charge in [-0.15, -0.1) is 0 Å². The number of aliphatic hydroxyl groups excluding tert-OH is 2. The fraction of sp³-hybridized carbons (Fsp3) is 0.500. The number of phenols is 1. The summed E-state index contributed by atoms with van der Waals surface area (Å²) in [7, 11) is 3.19. The summed E-state index contributed by atoms with van der Waals surface area (Å²) < 4.78 is 5.94. The van der Waals surface area contributed by atoms with Crippen LogP contribution in [-0.4, -0.2) is 74.8 Å². The predicted octanol–water partition coefficient (Wildman–Crippen LogP) is 1.41. The molecule has 1 amide bonds. The van der Waals surface area contributed by atoms with Gasteiger partial charge >= 0.3 is 5.97 Å². The maximum absolute atomic E-state index is 13.8. The quantitative estimate of drug-likeness (QED) is 0.189. The minimum atomic E-state index is -2.29. The van der Waals surface area contributed by atoms with E-state index in [-0.39, 0.29) is 28.8 Å². The predicted molar refractivity (Wildman–Crippen MR) is 133 cm³/mol. The number of phenolic OH excluding ortho intramolecular Hbond substituents is 1. The van der Waals surface area contributed by atoms with E-state index in [2.05, 4.69) is 0 Å². The Hall–Kier alpha value is -3.57. The highest BCUT2D eigenvalue weighted by molar-refractivity contribution is 6.14. The second kappa shape index (κ2) is 9.07. The number of nitrogens with zero attached hydrogens (tertiary/aromatic N) is 1. The van der Waals surface area contributed by atoms with Gasteiger partial charge in [-0.25, -0.2) is 0 Å². The highest BCUT2D eigenvalue weighted by atomic mass is 16.5. The summed E-state index contributed by atoms with van der Waals surface area (Å²) in [5.41, 5.74) is 8.78. The van der Waals surface area contributed by atoms with Crippen LogP contribution in [-0.2, 0) is 14.3 Å². The first-order chi connectivity index (χ1) is 17.3. The number of rotatable bonds is 5. The lowest BCUT2D eigenvalue weighted by Crippen LogP contribution is -2.65. The second-order valence-corrected chi connectivity index (χ2v) is 10.3. The monoisotopic (exact) mass is 515 g/mol. The lowest BCUT2D eigenvalue weighted by atomic mass is 9.55. The third-order valence-electron chi connectivity index (χ3n) is 7.95. The normalized spacial score (nSPS) is 31.1. The summed E-state index contributed by atoms with van der Waals surface area (Å²) in [4.78, 5) is 40.4. The van der Waals surface area contributed by atoms with Gasteiger partial charge in [0, 0.05) is 24.3 Å². The molecule has 0 bridgehead atoms. The number of hydrogen-bond donors (Lipinski definition) is 6. The smallest absolute Gasteiger partial charge is 0.306 e. The number of fused-ring (bicyclic) bond motifs is 3. The van der Waals surface area contributed by atoms with Gasteiger partial charge < -0.3 is 36.6 Å². The van der Waals surface area contributed by atoms with Crippen molar-refractivity contribution < 1.29 is 39.5 Å². The first-order valence-electron chi connectivity index (χ1n) is 12.2. The lowest BCUT2D eigenvalue weighted by molar-refractivity contribution is -0.176. The van der Waals surface area contributed by atoms with Crippen molar-refractivity contribution in [3.8, 4) is 5.75 Å². The van der Waals surface area contributed by atoms with E-state index in [0.717, 1.165) is 0 Å². The molecule has 6 unspecified atom stereocenters. The van der Waals surface area contributed by atoms with Crippen LogP contribution >= 0.6 is 0 Å². The highest BCUT2D eigenvalue weighted by Gasteiger charge is 2.64. The number of Topliss-reactive ketones (excluding diaryl/α,β-unsaturated/α-hetero) is 1. The zero-order valence-electron chi connectivity index (χ0n) is 21.2. The SMILES string of the molecule is CCCC(=O)OC1C2C(=C(O)C3(O)CC(C(N)=O)=C(O)C(N(C)C)C13)C(=O)c1c(ccc(N)c1O)C2C. The molecular weight excluding hydrogens is 482 g/mol. The van der Waals surface area contributed by atoms with Crippen molar-refractivity contribution in [2.75, 3.05) is 19.8 Å². The summed E-state index contributed by atoms with van der Waals surface area (Å²) in [6.07, 6.45) is -1.25. The van der Waals surface area contributed by atoms with Gasteiger partial charge in [0.15, 0.2) is 5.78 Å². The Kier molecular flexibility index (Phi) is 6.49. The Morgan fingerprint density at radius 2 is 1.86 bits per heavy atom. The third-order valence-corrected chi connectivity index (χ3v) is 7.95. The number of primary amides is 1. The summed E-state index contributed by atoms with van der Waals surface area (Å²) in [5, 5.41) is 45.3. The number of aliphatic hydroxyl groups is 3. The van der Waals surface area contributed by atoms with Gasteiger partial charge in [0.2, 0.25) is 5.91 Å². The van der Waals surface area contributed by atoms with E-state index in [4.69, 9.17) is 16.2 Å². The fourth-order valence-corrected chi connectivity index (χ4v) is 6.26. The number of carbonyl (C=O) groups excluding carboxylic acids is 3. The van der Waals surface area contributed by atoms with Crippen molar-refractivity contribution in [1.29, 1.82) is 0 Å². The van der Waals surface area contributed by atoms with Crippen LogP contribution < -0.4 is 11.5 Å². The fourth-order valence-electron chi connectivity index (χ4n) is 6.26. The number of aromatic hydroxyl groups is 1. The van der Waals surface area contributed by atoms with E-state index >= 15 is 0 Å². The van der Waals surface area contributed by atoms with Crippen LogP contribution in [0.1, 0.15) is 54.9 Å². The standard InChI is InChI=1S/C26H33N3O8/c1-5-6-14(30)37-23-15-10(2)11-7-8-13(27)21(32)16(11)22(33)17(15)24(34)26(36)9-12(25(28)35)20(31)19(18(23)26)29(3)4/h7-8,10,15,18-19,23,31-32,34,36H,5-6,9,27H2,1-4H3,(H2,28,35). The van der Waals surface area contributed by atoms with Gasteiger partial charge in [-0.2, -0.15) is 0 Å². The molecule has 37 heavy (non-hydrogen) atoms. The average Bonchev–Trinajstić information content (AvgIpc) is 2.81. The lowest BCUT2D eigenvalue weighted by Gasteiger charge is -2.55. The summed E-state index contributed by atoms with van der Waals surface area (Å²) in [6, 6.07) is 1.97. The number of benzene rings is 1. The maximum Gasteiger partial charge on any atom is 0.306 e. The second-order valence-electron chi connectivity index (χ2n) is 10.3. The van der Waals surface area contributed by atoms with Crippen LogP contribution in [0, 0.1) is 11.8 Å². The Morgan fingerprint density at radius 1 is 1.22 bits per heavy atom. The molecule has 0 saturated carbocycles. The number of nitrogens with two attached hydrogens (primary N) is 2. The summed E-state index contributed by atoms with van der Waals surface area (Å²) in [5.74, 6) is -6.60. The van der Waals surface area contributed by atoms with Crippen LogP contribution in [0.2, 0.25) is 0 Å². The van der Waals surface area contributed by atoms with E-state index in [1.54, 1.807) is 34.0 Å². The maximum atomic E-state index is 13.8. The molecule has 0 aromatic heterocycles. The number of likely N-dealkylation sites (N-methyl/N-ethyl adjacent to an activating group) is 1. The van der Waals surface area contributed by atoms with Gasteiger partial charge in [0.1, 0.15) is 29.0 Å². The van der Waals surface area contributed by atoms with Crippen molar-refractivity contribution in [3.63, 3.8) is 0 Å². The van der Waals surface area contributed by atoms with Gasteiger partial charge in [-0.3, -0.25) is 19.3 Å². The van der Waals surface area contributed by atoms with Crippen molar-refractivity contribution in [2.24, 2.45) is 17.6 Å². The molecular formula is C26H33N3O8. The van der Waals surface area contributed by atoms with Gasteiger partial charge in [-0.1, -0.05) is 19.9 Å². The Bertz CT molecular complexity index is 1250. The number of nitrogen functional groups attached to an aromatic ring is 1. The molecule has 0 spiro atoms. The molecule has 8 N–H and O–H groups in total. The number of carbonyl (C=O) groups is 3. The number of hydrogen-bond acceptors (Lipinski definition) is 10. The number of ketones is 1. The third kappa shape index (κ3) is 3.75. The van der Waals surface area contributed by atoms with E-state index in [1.165, 1.54) is 11.0 Å². The minimum Gasteiger partial charge on any atom is -0.510 e. The molecule has 1 aromatic rings. The van der Waals surface area contributed by atoms with E-state index < -0.39 is 76.8 Å². The van der Waals surface area contributed by atoms with Crippen LogP contribution in [0.3, 0.4) is 0 Å². The molecule has 0 aliphatic heterocycles. The molecule has 200 valence electrons. The van der Waals surface area contributed by atoms with Gasteiger partial charge in [0.05, 0.1) is 28.8 Å². The van der Waals surface area contributed by atoms with E-state index in [9.17, 15) is 34.8 Å². The molecule has 0 saturated heterocycles. The van der Waals surface area contributed by atoms with Crippen molar-refractivity contribution >= 4 is 23.3 Å². The molecule has 11 nitrogen and oxygen atoms in total. The largest absolute Gasteiger partial charge is 0.510 e. The zero-order valence-corrected chi connectivity index (χ0v) is 21.2.